The third kappa shape index (κ3) is 5.21. The minimum absolute atomic E-state index is 0.129. The molecule has 0 aliphatic carbocycles. The van der Waals surface area contributed by atoms with Crippen LogP contribution in [0.5, 0.6) is 5.75 Å². The van der Waals surface area contributed by atoms with Crippen molar-refractivity contribution in [2.75, 3.05) is 63.1 Å². The topological polar surface area (TPSA) is 132 Å². The lowest BCUT2D eigenvalue weighted by Gasteiger charge is -2.36. The summed E-state index contributed by atoms with van der Waals surface area (Å²) < 4.78 is 30.1. The number of furan rings is 1. The minimum atomic E-state index is -0.263. The molecular weight excluding hydrogens is 561 g/mol. The predicted octanol–water partition coefficient (Wildman–Crippen LogP) is 2.68. The van der Waals surface area contributed by atoms with Gasteiger partial charge in [-0.05, 0) is 56.1 Å². The van der Waals surface area contributed by atoms with Crippen LogP contribution in [0.2, 0.25) is 0 Å². The molecule has 2 aliphatic rings. The van der Waals surface area contributed by atoms with Crippen molar-refractivity contribution in [2.24, 2.45) is 5.92 Å². The van der Waals surface area contributed by atoms with Crippen molar-refractivity contribution < 1.29 is 13.5 Å². The number of hydrogen-bond acceptors (Lipinski definition) is 11. The van der Waals surface area contributed by atoms with Gasteiger partial charge in [-0.3, -0.25) is 14.3 Å². The number of anilines is 2. The van der Waals surface area contributed by atoms with E-state index in [0.29, 0.717) is 77.7 Å². The largest absolute Gasteiger partial charge is 0.493 e. The average Bonchev–Trinajstić information content (AvgIpc) is 3.76. The second-order valence-corrected chi connectivity index (χ2v) is 11.7. The van der Waals surface area contributed by atoms with E-state index in [2.05, 4.69) is 30.2 Å². The van der Waals surface area contributed by atoms with E-state index < -0.39 is 0 Å². The molecule has 14 heteroatoms. The van der Waals surface area contributed by atoms with Gasteiger partial charge in [0.05, 0.1) is 18.6 Å². The lowest BCUT2D eigenvalue weighted by Crippen LogP contribution is -2.47. The molecule has 0 bridgehead atoms. The van der Waals surface area contributed by atoms with E-state index in [-0.39, 0.29) is 16.6 Å². The highest BCUT2D eigenvalue weighted by molar-refractivity contribution is 7.17. The van der Waals surface area contributed by atoms with Gasteiger partial charge in [0.1, 0.15) is 16.3 Å². The number of nitrogen functional groups attached to an aromatic ring is 1. The fraction of sp³-hybridized carbons (Fsp3) is 0.429. The van der Waals surface area contributed by atoms with Gasteiger partial charge in [-0.1, -0.05) is 11.3 Å². The fourth-order valence-corrected chi connectivity index (χ4v) is 6.62. The Morgan fingerprint density at radius 2 is 1.93 bits per heavy atom. The number of aromatic nitrogens is 5. The van der Waals surface area contributed by atoms with Crippen LogP contribution in [-0.2, 0) is 6.54 Å². The minimum Gasteiger partial charge on any atom is -0.493 e. The van der Waals surface area contributed by atoms with E-state index in [0.717, 1.165) is 50.4 Å². The number of nitrogens with zero attached hydrogens (tertiary/aromatic N) is 7. The number of fused-ring (bicyclic) bond motifs is 3. The quantitative estimate of drug-likeness (QED) is 0.277. The third-order valence-electron chi connectivity index (χ3n) is 8.07. The van der Waals surface area contributed by atoms with Gasteiger partial charge >= 0.3 is 4.87 Å². The number of hydrogen-bond donors (Lipinski definition) is 2. The number of nitrogens with two attached hydrogens (primary N) is 1. The number of nitrogens with one attached hydrogen (secondary N) is 1. The summed E-state index contributed by atoms with van der Waals surface area (Å²) in [6, 6.07) is 8.70. The summed E-state index contributed by atoms with van der Waals surface area (Å²) in [6.07, 6.45) is 3.73. The predicted molar refractivity (Wildman–Crippen MR) is 159 cm³/mol. The lowest BCUT2D eigenvalue weighted by molar-refractivity contribution is 0.214. The molecule has 7 rings (SSSR count). The Morgan fingerprint density at radius 3 is 2.69 bits per heavy atom. The molecule has 0 unspecified atom stereocenters. The summed E-state index contributed by atoms with van der Waals surface area (Å²) in [5.41, 5.74) is 7.76. The molecule has 2 aliphatic heterocycles. The number of piperidine rings is 1. The molecule has 42 heavy (non-hydrogen) atoms. The van der Waals surface area contributed by atoms with Crippen molar-refractivity contribution in [3.8, 4) is 17.3 Å². The Morgan fingerprint density at radius 1 is 1.10 bits per heavy atom. The zero-order valence-electron chi connectivity index (χ0n) is 23.0. The van der Waals surface area contributed by atoms with Gasteiger partial charge < -0.3 is 25.1 Å². The second-order valence-electron chi connectivity index (χ2n) is 10.7. The maximum atomic E-state index is 15.0. The number of thiazole rings is 1. The van der Waals surface area contributed by atoms with E-state index in [1.807, 2.05) is 12.1 Å². The molecule has 0 saturated carbocycles. The Bertz CT molecular complexity index is 1750. The zero-order chi connectivity index (χ0) is 28.6. The van der Waals surface area contributed by atoms with Crippen molar-refractivity contribution >= 4 is 39.0 Å². The van der Waals surface area contributed by atoms with Crippen LogP contribution in [0, 0.1) is 11.7 Å². The number of halogens is 1. The van der Waals surface area contributed by atoms with E-state index in [9.17, 15) is 4.79 Å². The molecule has 0 atom stereocenters. The first-order valence-corrected chi connectivity index (χ1v) is 15.0. The van der Waals surface area contributed by atoms with Crippen molar-refractivity contribution in [3.63, 3.8) is 0 Å². The summed E-state index contributed by atoms with van der Waals surface area (Å²) in [4.78, 5) is 26.3. The maximum Gasteiger partial charge on any atom is 0.309 e. The molecule has 220 valence electrons. The smallest absolute Gasteiger partial charge is 0.309 e. The maximum absolute atomic E-state index is 15.0. The molecule has 3 N–H and O–H groups in total. The molecule has 5 aromatic rings. The van der Waals surface area contributed by atoms with E-state index in [1.165, 1.54) is 10.6 Å². The molecule has 0 spiro atoms. The highest BCUT2D eigenvalue weighted by Crippen LogP contribution is 2.27. The van der Waals surface area contributed by atoms with E-state index >= 15 is 4.39 Å². The lowest BCUT2D eigenvalue weighted by atomic mass is 9.99. The first kappa shape index (κ1) is 26.9. The van der Waals surface area contributed by atoms with Crippen molar-refractivity contribution in [3.05, 3.63) is 52.1 Å². The zero-order valence-corrected chi connectivity index (χ0v) is 23.9. The average molecular weight is 594 g/mol. The number of rotatable bonds is 8. The van der Waals surface area contributed by atoms with Crippen molar-refractivity contribution in [1.29, 1.82) is 0 Å². The molecule has 0 amide bonds. The molecule has 1 aromatic carbocycles. The molecule has 0 radical (unpaired) electrons. The fourth-order valence-electron chi connectivity index (χ4n) is 5.69. The van der Waals surface area contributed by atoms with Crippen LogP contribution in [-0.4, -0.2) is 81.5 Å². The van der Waals surface area contributed by atoms with Crippen LogP contribution in [0.15, 0.2) is 45.8 Å². The number of piperazine rings is 1. The number of ether oxygens (including phenoxy) is 1. The number of benzene rings is 1. The SMILES string of the molecule is Nc1nc2c(sc(=O)n2CCN2CCN(c3ccc(OCC4CCNCC4)cc3F)CC2)c2nc(-c3ccco3)nn12. The molecule has 12 nitrogen and oxygen atoms in total. The van der Waals surface area contributed by atoms with Crippen LogP contribution in [0.25, 0.3) is 27.6 Å². The van der Waals surface area contributed by atoms with Crippen LogP contribution in [0.1, 0.15) is 12.8 Å². The van der Waals surface area contributed by atoms with Gasteiger partial charge in [-0.25, -0.2) is 9.37 Å². The first-order valence-electron chi connectivity index (χ1n) is 14.2. The van der Waals surface area contributed by atoms with Gasteiger partial charge in [0.25, 0.3) is 0 Å². The summed E-state index contributed by atoms with van der Waals surface area (Å²) >= 11 is 1.08. The van der Waals surface area contributed by atoms with Crippen LogP contribution in [0.3, 0.4) is 0 Å². The van der Waals surface area contributed by atoms with Crippen LogP contribution < -0.4 is 25.6 Å². The summed E-state index contributed by atoms with van der Waals surface area (Å²) in [5, 5.41) is 7.76. The standard InChI is InChI=1S/C28H32FN9O3S/c29-20-16-19(41-17-18-5-7-31-8-6-18)3-4-21(20)36-12-9-35(10-13-36)11-14-37-25-23(42-28(37)39)26-32-24(22-2-1-15-40-22)34-38(26)27(30)33-25/h1-4,15-16,18,31H,5-14,17H2,(H2,30,33). The molecule has 6 heterocycles. The Balaban J connectivity index is 0.986. The van der Waals surface area contributed by atoms with Gasteiger partial charge in [0, 0.05) is 45.3 Å². The van der Waals surface area contributed by atoms with E-state index in [4.69, 9.17) is 14.9 Å². The molecular formula is C28H32FN9O3S. The highest BCUT2D eigenvalue weighted by atomic mass is 32.1. The first-order chi connectivity index (χ1) is 20.5. The van der Waals surface area contributed by atoms with Gasteiger partial charge in [-0.2, -0.15) is 9.50 Å². The van der Waals surface area contributed by atoms with Crippen molar-refractivity contribution in [1.82, 2.24) is 34.4 Å². The van der Waals surface area contributed by atoms with Gasteiger partial charge in [0.15, 0.2) is 17.1 Å². The third-order valence-corrected chi connectivity index (χ3v) is 9.04. The Kier molecular flexibility index (Phi) is 7.25. The summed E-state index contributed by atoms with van der Waals surface area (Å²) in [5.74, 6) is 1.86. The Labute approximate surface area is 244 Å². The molecule has 2 fully saturated rings. The monoisotopic (exact) mass is 593 g/mol. The highest BCUT2D eigenvalue weighted by Gasteiger charge is 2.23. The van der Waals surface area contributed by atoms with Crippen molar-refractivity contribution in [2.45, 2.75) is 19.4 Å². The van der Waals surface area contributed by atoms with Gasteiger partial charge in [0.2, 0.25) is 11.8 Å². The summed E-state index contributed by atoms with van der Waals surface area (Å²) in [6.45, 7) is 6.64. The normalized spacial score (nSPS) is 17.0. The van der Waals surface area contributed by atoms with E-state index in [1.54, 1.807) is 23.0 Å². The molecule has 4 aromatic heterocycles. The van der Waals surface area contributed by atoms with Crippen LogP contribution in [0.4, 0.5) is 16.0 Å². The summed E-state index contributed by atoms with van der Waals surface area (Å²) in [7, 11) is 0. The second kappa shape index (κ2) is 11.3. The molecule has 2 saturated heterocycles. The van der Waals surface area contributed by atoms with Gasteiger partial charge in [-0.15, -0.1) is 5.10 Å². The van der Waals surface area contributed by atoms with Crippen LogP contribution >= 0.6 is 11.3 Å². The Hall–Kier alpha value is -4.01.